The van der Waals surface area contributed by atoms with E-state index < -0.39 is 0 Å². The molecule has 3 fully saturated rings. The van der Waals surface area contributed by atoms with Crippen molar-refractivity contribution < 1.29 is 4.42 Å². The second-order valence-corrected chi connectivity index (χ2v) is 6.91. The van der Waals surface area contributed by atoms with Gasteiger partial charge in [-0.15, -0.1) is 24.8 Å². The van der Waals surface area contributed by atoms with E-state index in [0.717, 1.165) is 23.7 Å². The fourth-order valence-corrected chi connectivity index (χ4v) is 4.04. The summed E-state index contributed by atoms with van der Waals surface area (Å²) in [5.41, 5.74) is 3.22. The predicted octanol–water partition coefficient (Wildman–Crippen LogP) is 3.64. The van der Waals surface area contributed by atoms with Crippen molar-refractivity contribution in [2.45, 2.75) is 18.9 Å². The molecule has 3 saturated heterocycles. The highest BCUT2D eigenvalue weighted by Gasteiger charge is 2.33. The molecule has 1 N–H and O–H groups in total. The number of benzene rings is 2. The van der Waals surface area contributed by atoms with E-state index in [9.17, 15) is 4.79 Å². The van der Waals surface area contributed by atoms with E-state index in [-0.39, 0.29) is 30.2 Å². The van der Waals surface area contributed by atoms with Crippen LogP contribution >= 0.6 is 24.8 Å². The van der Waals surface area contributed by atoms with E-state index in [1.165, 1.54) is 38.1 Å². The van der Waals surface area contributed by atoms with Crippen molar-refractivity contribution in [3.05, 3.63) is 46.6 Å². The summed E-state index contributed by atoms with van der Waals surface area (Å²) in [6, 6.07) is 11.3. The molecule has 0 spiro atoms. The number of rotatable bonds is 2. The molecule has 1 atom stereocenters. The Morgan fingerprint density at radius 1 is 1.08 bits per heavy atom. The van der Waals surface area contributed by atoms with Crippen molar-refractivity contribution in [1.82, 2.24) is 9.88 Å². The van der Waals surface area contributed by atoms with E-state index in [0.29, 0.717) is 23.1 Å². The molecule has 1 aliphatic carbocycles. The number of nitrogens with zero attached hydrogens (tertiary/aromatic N) is 2. The first kappa shape index (κ1) is 19.0. The smallest absolute Gasteiger partial charge is 0.182 e. The Morgan fingerprint density at radius 3 is 2.62 bits per heavy atom. The molecular formula is C19H21Cl2N3O2. The van der Waals surface area contributed by atoms with E-state index in [1.807, 2.05) is 12.1 Å². The fraction of sp³-hybridized carbons (Fsp3) is 0.368. The summed E-state index contributed by atoms with van der Waals surface area (Å²) in [5.74, 6) is 1.30. The average molecular weight is 394 g/mol. The molecule has 0 saturated carbocycles. The van der Waals surface area contributed by atoms with Gasteiger partial charge in [-0.05, 0) is 56.1 Å². The van der Waals surface area contributed by atoms with E-state index in [4.69, 9.17) is 4.42 Å². The molecule has 7 heteroatoms. The number of aromatic nitrogens is 1. The monoisotopic (exact) mass is 393 g/mol. The van der Waals surface area contributed by atoms with Crippen molar-refractivity contribution in [3.63, 3.8) is 0 Å². The SMILES string of the molecule is Cl.Cl.O=c1ccc2nc3ccc(NC4CN5CCC4CC5)cc3oc-2c1. The van der Waals surface area contributed by atoms with Gasteiger partial charge in [0.1, 0.15) is 11.2 Å². The molecule has 5 nitrogen and oxygen atoms in total. The van der Waals surface area contributed by atoms with Gasteiger partial charge in [0.2, 0.25) is 0 Å². The number of halogens is 2. The van der Waals surface area contributed by atoms with Gasteiger partial charge in [-0.3, -0.25) is 4.79 Å². The zero-order valence-electron chi connectivity index (χ0n) is 14.2. The van der Waals surface area contributed by atoms with Crippen LogP contribution in [0.5, 0.6) is 0 Å². The lowest BCUT2D eigenvalue weighted by molar-refractivity contribution is 0.0975. The first-order valence-electron chi connectivity index (χ1n) is 8.58. The molecule has 1 unspecified atom stereocenters. The number of hydrogen-bond donors (Lipinski definition) is 1. The van der Waals surface area contributed by atoms with Crippen molar-refractivity contribution in [1.29, 1.82) is 0 Å². The lowest BCUT2D eigenvalue weighted by Gasteiger charge is -2.45. The zero-order valence-corrected chi connectivity index (χ0v) is 15.8. The standard InChI is InChI=1S/C19H19N3O2.2ClH/c23-14-2-4-16-19(10-14)24-18-9-13(1-3-15(18)21-16)20-17-11-22-7-5-12(17)6-8-22;;/h1-4,9-10,12,17,20H,5-8,11H2;2*1H. The Bertz CT molecular complexity index is 938. The summed E-state index contributed by atoms with van der Waals surface area (Å²) in [6.45, 7) is 3.60. The van der Waals surface area contributed by atoms with Gasteiger partial charge < -0.3 is 14.6 Å². The molecule has 6 rings (SSSR count). The molecular weight excluding hydrogens is 373 g/mol. The van der Waals surface area contributed by atoms with Crippen molar-refractivity contribution in [2.75, 3.05) is 25.0 Å². The third-order valence-corrected chi connectivity index (χ3v) is 5.36. The molecule has 26 heavy (non-hydrogen) atoms. The summed E-state index contributed by atoms with van der Waals surface area (Å²) in [4.78, 5) is 18.6. The Balaban J connectivity index is 0.000000980. The molecule has 0 aromatic heterocycles. The first-order valence-corrected chi connectivity index (χ1v) is 8.58. The van der Waals surface area contributed by atoms with Crippen LogP contribution in [0.2, 0.25) is 0 Å². The van der Waals surface area contributed by atoms with Gasteiger partial charge in [0, 0.05) is 30.4 Å². The first-order chi connectivity index (χ1) is 11.7. The Kier molecular flexibility index (Phi) is 5.42. The normalized spacial score (nSPS) is 24.1. The molecule has 138 valence electrons. The number of anilines is 1. The Hall–Kier alpha value is -1.82. The van der Waals surface area contributed by atoms with Gasteiger partial charge in [-0.2, -0.15) is 0 Å². The molecule has 2 bridgehead atoms. The number of fused-ring (bicyclic) bond motifs is 5. The molecule has 0 radical (unpaired) electrons. The lowest BCUT2D eigenvalue weighted by atomic mass is 9.84. The van der Waals surface area contributed by atoms with Crippen LogP contribution in [0.25, 0.3) is 22.6 Å². The maximum absolute atomic E-state index is 11.5. The van der Waals surface area contributed by atoms with Crippen LogP contribution in [0.1, 0.15) is 12.8 Å². The average Bonchev–Trinajstić information content (AvgIpc) is 2.61. The van der Waals surface area contributed by atoms with Gasteiger partial charge in [-0.1, -0.05) is 0 Å². The molecule has 1 aromatic rings. The quantitative estimate of drug-likeness (QED) is 0.673. The maximum Gasteiger partial charge on any atom is 0.182 e. The van der Waals surface area contributed by atoms with Crippen molar-refractivity contribution in [3.8, 4) is 11.5 Å². The third kappa shape index (κ3) is 3.39. The van der Waals surface area contributed by atoms with Gasteiger partial charge in [0.25, 0.3) is 0 Å². The summed E-state index contributed by atoms with van der Waals surface area (Å²) < 4.78 is 5.91. The second kappa shape index (κ2) is 7.43. The highest BCUT2D eigenvalue weighted by molar-refractivity contribution is 5.85. The summed E-state index contributed by atoms with van der Waals surface area (Å²) in [7, 11) is 0. The maximum atomic E-state index is 11.5. The molecule has 5 aliphatic rings. The van der Waals surface area contributed by atoms with Crippen LogP contribution in [0.3, 0.4) is 0 Å². The van der Waals surface area contributed by atoms with Crippen LogP contribution in [0.4, 0.5) is 5.69 Å². The molecule has 4 aliphatic heterocycles. The fourth-order valence-electron chi connectivity index (χ4n) is 4.04. The molecule has 1 aromatic carbocycles. The molecule has 4 heterocycles. The van der Waals surface area contributed by atoms with Gasteiger partial charge >= 0.3 is 0 Å². The van der Waals surface area contributed by atoms with E-state index in [1.54, 1.807) is 6.07 Å². The summed E-state index contributed by atoms with van der Waals surface area (Å²) >= 11 is 0. The highest BCUT2D eigenvalue weighted by Crippen LogP contribution is 2.31. The number of hydrogen-bond acceptors (Lipinski definition) is 5. The highest BCUT2D eigenvalue weighted by atomic mass is 35.5. The van der Waals surface area contributed by atoms with Crippen molar-refractivity contribution in [2.24, 2.45) is 5.92 Å². The van der Waals surface area contributed by atoms with Gasteiger partial charge in [-0.25, -0.2) is 4.98 Å². The second-order valence-electron chi connectivity index (χ2n) is 6.91. The Labute approximate surface area is 163 Å². The van der Waals surface area contributed by atoms with Gasteiger partial charge in [0.05, 0.1) is 0 Å². The van der Waals surface area contributed by atoms with Gasteiger partial charge in [0.15, 0.2) is 16.8 Å². The molecule has 0 amide bonds. The van der Waals surface area contributed by atoms with E-state index in [2.05, 4.69) is 21.3 Å². The topological polar surface area (TPSA) is 58.4 Å². The predicted molar refractivity (Wildman–Crippen MR) is 108 cm³/mol. The van der Waals surface area contributed by atoms with Crippen LogP contribution in [-0.2, 0) is 0 Å². The largest absolute Gasteiger partial charge is 0.453 e. The number of nitrogens with one attached hydrogen (secondary N) is 1. The zero-order chi connectivity index (χ0) is 16.1. The summed E-state index contributed by atoms with van der Waals surface area (Å²) in [5, 5.41) is 3.67. The van der Waals surface area contributed by atoms with Crippen molar-refractivity contribution >= 4 is 41.6 Å². The van der Waals surface area contributed by atoms with E-state index >= 15 is 0 Å². The van der Waals surface area contributed by atoms with Crippen LogP contribution in [0, 0.1) is 5.92 Å². The Morgan fingerprint density at radius 2 is 1.88 bits per heavy atom. The minimum Gasteiger partial charge on any atom is -0.453 e. The summed E-state index contributed by atoms with van der Waals surface area (Å²) in [6.07, 6.45) is 2.57. The van der Waals surface area contributed by atoms with Crippen LogP contribution in [0.15, 0.2) is 45.6 Å². The third-order valence-electron chi connectivity index (χ3n) is 5.36. The van der Waals surface area contributed by atoms with Crippen LogP contribution in [-0.4, -0.2) is 35.6 Å². The van der Waals surface area contributed by atoms with Crippen LogP contribution < -0.4 is 10.7 Å². The lowest BCUT2D eigenvalue weighted by Crippen LogP contribution is -2.53. The minimum absolute atomic E-state index is 0. The minimum atomic E-state index is -0.0611. The number of piperidine rings is 3.